The Hall–Kier alpha value is -1.16. The van der Waals surface area contributed by atoms with E-state index >= 15 is 0 Å². The standard InChI is InChI=1S/C17H22BrNO2/c18-14-9-7-13(8-10-14)16(20)11-12-17(21)19-15-5-3-1-2-4-6-15/h7-10,15H,1-6,11-12H2,(H,19,21). The molecule has 1 amide bonds. The van der Waals surface area contributed by atoms with Crippen LogP contribution >= 0.6 is 15.9 Å². The monoisotopic (exact) mass is 351 g/mol. The molecule has 4 heteroatoms. The number of halogens is 1. The first-order chi connectivity index (χ1) is 10.1. The van der Waals surface area contributed by atoms with E-state index in [1.54, 1.807) is 12.1 Å². The van der Waals surface area contributed by atoms with Crippen molar-refractivity contribution in [2.45, 2.75) is 57.4 Å². The van der Waals surface area contributed by atoms with Crippen molar-refractivity contribution in [2.24, 2.45) is 0 Å². The van der Waals surface area contributed by atoms with Crippen LogP contribution in [-0.4, -0.2) is 17.7 Å². The smallest absolute Gasteiger partial charge is 0.220 e. The second-order valence-electron chi connectivity index (χ2n) is 5.69. The second kappa shape index (κ2) is 8.32. The minimum Gasteiger partial charge on any atom is -0.353 e. The van der Waals surface area contributed by atoms with Crippen LogP contribution < -0.4 is 5.32 Å². The van der Waals surface area contributed by atoms with Gasteiger partial charge in [-0.1, -0.05) is 53.7 Å². The molecule has 1 aliphatic carbocycles. The topological polar surface area (TPSA) is 46.2 Å². The molecule has 0 saturated heterocycles. The van der Waals surface area contributed by atoms with Gasteiger partial charge in [0, 0.05) is 28.9 Å². The minimum absolute atomic E-state index is 0.00682. The van der Waals surface area contributed by atoms with Crippen LogP contribution in [0.15, 0.2) is 28.7 Å². The van der Waals surface area contributed by atoms with Crippen LogP contribution in [-0.2, 0) is 4.79 Å². The first kappa shape index (κ1) is 16.2. The molecule has 0 radical (unpaired) electrons. The fraction of sp³-hybridized carbons (Fsp3) is 0.529. The molecule has 114 valence electrons. The summed E-state index contributed by atoms with van der Waals surface area (Å²) in [7, 11) is 0. The van der Waals surface area contributed by atoms with E-state index in [9.17, 15) is 9.59 Å². The molecule has 21 heavy (non-hydrogen) atoms. The van der Waals surface area contributed by atoms with E-state index < -0.39 is 0 Å². The number of amides is 1. The first-order valence-corrected chi connectivity index (χ1v) is 8.52. The molecule has 0 aromatic heterocycles. The van der Waals surface area contributed by atoms with Gasteiger partial charge in [-0.05, 0) is 25.0 Å². The summed E-state index contributed by atoms with van der Waals surface area (Å²) >= 11 is 3.34. The number of hydrogen-bond donors (Lipinski definition) is 1. The normalized spacial score (nSPS) is 16.2. The second-order valence-corrected chi connectivity index (χ2v) is 6.60. The molecule has 0 heterocycles. The van der Waals surface area contributed by atoms with Crippen LogP contribution in [0.3, 0.4) is 0 Å². The quantitative estimate of drug-likeness (QED) is 0.636. The number of carbonyl (C=O) groups is 2. The summed E-state index contributed by atoms with van der Waals surface area (Å²) in [5.74, 6) is 0.0332. The Morgan fingerprint density at radius 2 is 1.62 bits per heavy atom. The van der Waals surface area contributed by atoms with Crippen molar-refractivity contribution in [3.63, 3.8) is 0 Å². The molecule has 1 fully saturated rings. The van der Waals surface area contributed by atoms with Crippen molar-refractivity contribution >= 4 is 27.6 Å². The number of rotatable bonds is 5. The molecule has 1 N–H and O–H groups in total. The van der Waals surface area contributed by atoms with Gasteiger partial charge in [0.1, 0.15) is 0 Å². The largest absolute Gasteiger partial charge is 0.353 e. The highest BCUT2D eigenvalue weighted by atomic mass is 79.9. The van der Waals surface area contributed by atoms with Gasteiger partial charge in [-0.3, -0.25) is 9.59 Å². The number of ketones is 1. The molecule has 1 aromatic carbocycles. The lowest BCUT2D eigenvalue weighted by molar-refractivity contribution is -0.121. The molecule has 1 saturated carbocycles. The van der Waals surface area contributed by atoms with E-state index in [1.165, 1.54) is 25.7 Å². The number of nitrogens with one attached hydrogen (secondary N) is 1. The Morgan fingerprint density at radius 3 is 2.24 bits per heavy atom. The predicted octanol–water partition coefficient (Wildman–Crippen LogP) is 4.25. The molecule has 1 aliphatic rings. The minimum atomic E-state index is 0.00682. The van der Waals surface area contributed by atoms with E-state index in [-0.39, 0.29) is 24.5 Å². The zero-order valence-electron chi connectivity index (χ0n) is 12.2. The van der Waals surface area contributed by atoms with E-state index in [2.05, 4.69) is 21.2 Å². The average molecular weight is 352 g/mol. The summed E-state index contributed by atoms with van der Waals surface area (Å²) in [6.45, 7) is 0. The van der Waals surface area contributed by atoms with Gasteiger partial charge in [-0.25, -0.2) is 0 Å². The van der Waals surface area contributed by atoms with Gasteiger partial charge >= 0.3 is 0 Å². The van der Waals surface area contributed by atoms with Gasteiger partial charge in [0.25, 0.3) is 0 Å². The average Bonchev–Trinajstić information content (AvgIpc) is 2.74. The van der Waals surface area contributed by atoms with Gasteiger partial charge in [0.15, 0.2) is 5.78 Å². The SMILES string of the molecule is O=C(CCC(=O)c1ccc(Br)cc1)NC1CCCCCC1. The fourth-order valence-corrected chi connectivity index (χ4v) is 3.00. The molecule has 0 spiro atoms. The molecule has 0 aliphatic heterocycles. The van der Waals surface area contributed by atoms with E-state index in [0.717, 1.165) is 17.3 Å². The molecule has 3 nitrogen and oxygen atoms in total. The summed E-state index contributed by atoms with van der Waals surface area (Å²) in [5, 5.41) is 3.08. The summed E-state index contributed by atoms with van der Waals surface area (Å²) < 4.78 is 0.949. The summed E-state index contributed by atoms with van der Waals surface area (Å²) in [5.41, 5.74) is 0.667. The Morgan fingerprint density at radius 1 is 1.00 bits per heavy atom. The number of carbonyl (C=O) groups excluding carboxylic acids is 2. The van der Waals surface area contributed by atoms with Crippen molar-refractivity contribution in [3.05, 3.63) is 34.3 Å². The fourth-order valence-electron chi connectivity index (χ4n) is 2.73. The zero-order chi connectivity index (χ0) is 15.1. The van der Waals surface area contributed by atoms with Crippen molar-refractivity contribution in [2.75, 3.05) is 0 Å². The van der Waals surface area contributed by atoms with Crippen LogP contribution in [0.2, 0.25) is 0 Å². The van der Waals surface area contributed by atoms with Crippen molar-refractivity contribution < 1.29 is 9.59 Å². The maximum absolute atomic E-state index is 12.0. The highest BCUT2D eigenvalue weighted by molar-refractivity contribution is 9.10. The number of benzene rings is 1. The molecule has 2 rings (SSSR count). The van der Waals surface area contributed by atoms with Crippen molar-refractivity contribution in [3.8, 4) is 0 Å². The Bertz CT molecular complexity index is 476. The van der Waals surface area contributed by atoms with Gasteiger partial charge in [0.05, 0.1) is 0 Å². The molecule has 0 bridgehead atoms. The van der Waals surface area contributed by atoms with Crippen LogP contribution in [0.4, 0.5) is 0 Å². The van der Waals surface area contributed by atoms with Gasteiger partial charge in [-0.2, -0.15) is 0 Å². The molecule has 0 atom stereocenters. The number of hydrogen-bond acceptors (Lipinski definition) is 2. The summed E-state index contributed by atoms with van der Waals surface area (Å²) in [4.78, 5) is 24.0. The molecule has 0 unspecified atom stereocenters. The van der Waals surface area contributed by atoms with E-state index in [1.807, 2.05) is 12.1 Å². The maximum atomic E-state index is 12.0. The van der Waals surface area contributed by atoms with E-state index in [0.29, 0.717) is 11.6 Å². The third-order valence-electron chi connectivity index (χ3n) is 3.97. The third-order valence-corrected chi connectivity index (χ3v) is 4.49. The van der Waals surface area contributed by atoms with Crippen molar-refractivity contribution in [1.29, 1.82) is 0 Å². The lowest BCUT2D eigenvalue weighted by Gasteiger charge is -2.15. The summed E-state index contributed by atoms with van der Waals surface area (Å²) in [6, 6.07) is 7.57. The van der Waals surface area contributed by atoms with Gasteiger partial charge in [0.2, 0.25) is 5.91 Å². The molecule has 1 aromatic rings. The summed E-state index contributed by atoms with van der Waals surface area (Å²) in [6.07, 6.45) is 7.65. The lowest BCUT2D eigenvalue weighted by atomic mass is 10.1. The third kappa shape index (κ3) is 5.62. The van der Waals surface area contributed by atoms with Gasteiger partial charge < -0.3 is 5.32 Å². The van der Waals surface area contributed by atoms with Gasteiger partial charge in [-0.15, -0.1) is 0 Å². The molecular formula is C17H22BrNO2. The zero-order valence-corrected chi connectivity index (χ0v) is 13.8. The first-order valence-electron chi connectivity index (χ1n) is 7.73. The Labute approximate surface area is 134 Å². The van der Waals surface area contributed by atoms with Crippen LogP contribution in [0.25, 0.3) is 0 Å². The Kier molecular flexibility index (Phi) is 6.43. The van der Waals surface area contributed by atoms with E-state index in [4.69, 9.17) is 0 Å². The predicted molar refractivity (Wildman–Crippen MR) is 87.3 cm³/mol. The van der Waals surface area contributed by atoms with Crippen LogP contribution in [0.1, 0.15) is 61.7 Å². The van der Waals surface area contributed by atoms with Crippen molar-refractivity contribution in [1.82, 2.24) is 5.32 Å². The highest BCUT2D eigenvalue weighted by Gasteiger charge is 2.15. The van der Waals surface area contributed by atoms with Crippen LogP contribution in [0.5, 0.6) is 0 Å². The lowest BCUT2D eigenvalue weighted by Crippen LogP contribution is -2.34. The van der Waals surface area contributed by atoms with Crippen LogP contribution in [0, 0.1) is 0 Å². The maximum Gasteiger partial charge on any atom is 0.220 e. The Balaban J connectivity index is 1.75. The highest BCUT2D eigenvalue weighted by Crippen LogP contribution is 2.17. The number of Topliss-reactive ketones (excluding diaryl/α,β-unsaturated/α-hetero) is 1. The molecular weight excluding hydrogens is 330 g/mol.